The van der Waals surface area contributed by atoms with E-state index in [1.807, 2.05) is 0 Å². The zero-order valence-corrected chi connectivity index (χ0v) is 13.3. The Morgan fingerprint density at radius 3 is 2.32 bits per heavy atom. The van der Waals surface area contributed by atoms with E-state index in [1.165, 1.54) is 51.4 Å². The first-order valence-corrected chi connectivity index (χ1v) is 9.42. The molecule has 0 spiro atoms. The molecule has 0 heterocycles. The van der Waals surface area contributed by atoms with E-state index in [0.717, 1.165) is 25.0 Å². The molecule has 2 fully saturated rings. The average molecular weight is 280 g/mol. The highest BCUT2D eigenvalue weighted by Gasteiger charge is 2.21. The van der Waals surface area contributed by atoms with Gasteiger partial charge < -0.3 is 8.85 Å². The van der Waals surface area contributed by atoms with E-state index in [0.29, 0.717) is 0 Å². The summed E-state index contributed by atoms with van der Waals surface area (Å²) in [4.78, 5) is 0. The molecule has 2 saturated carbocycles. The van der Waals surface area contributed by atoms with Crippen LogP contribution in [0.1, 0.15) is 58.3 Å². The van der Waals surface area contributed by atoms with Gasteiger partial charge in [0.1, 0.15) is 0 Å². The topological polar surface area (TPSA) is 18.5 Å². The average Bonchev–Trinajstić information content (AvgIpc) is 3.22. The Bertz CT molecular complexity index is 300. The molecule has 0 radical (unpaired) electrons. The van der Waals surface area contributed by atoms with E-state index in [1.54, 1.807) is 0 Å². The molecule has 0 unspecified atom stereocenters. The molecule has 3 heteroatoms. The van der Waals surface area contributed by atoms with Crippen LogP contribution in [0, 0.1) is 11.8 Å². The molecule has 108 valence electrons. The fourth-order valence-corrected chi connectivity index (χ4v) is 4.16. The van der Waals surface area contributed by atoms with Crippen LogP contribution in [0.2, 0.25) is 0 Å². The predicted octanol–water partition coefficient (Wildman–Crippen LogP) is 3.85. The third-order valence-corrected chi connectivity index (χ3v) is 5.68. The van der Waals surface area contributed by atoms with Gasteiger partial charge in [-0.05, 0) is 50.1 Å². The van der Waals surface area contributed by atoms with Crippen molar-refractivity contribution in [3.63, 3.8) is 0 Å². The van der Waals surface area contributed by atoms with Crippen molar-refractivity contribution in [2.24, 2.45) is 11.8 Å². The maximum absolute atomic E-state index is 5.89. The van der Waals surface area contributed by atoms with Gasteiger partial charge in [-0.15, -0.1) is 0 Å². The zero-order chi connectivity index (χ0) is 13.3. The molecule has 0 aromatic heterocycles. The molecule has 0 aromatic rings. The lowest BCUT2D eigenvalue weighted by Crippen LogP contribution is -2.17. The van der Waals surface area contributed by atoms with Crippen LogP contribution in [0.3, 0.4) is 0 Å². The van der Waals surface area contributed by atoms with Gasteiger partial charge in [-0.1, -0.05) is 37.8 Å². The second kappa shape index (κ2) is 8.57. The van der Waals surface area contributed by atoms with Gasteiger partial charge >= 0.3 is 8.90 Å². The second-order valence-electron chi connectivity index (χ2n) is 5.75. The molecule has 0 aliphatic heterocycles. The first-order chi connectivity index (χ1) is 9.38. The largest absolute Gasteiger partial charge is 0.524 e. The van der Waals surface area contributed by atoms with Gasteiger partial charge in [-0.2, -0.15) is 0 Å². The van der Waals surface area contributed by atoms with Crippen LogP contribution >= 0.6 is 0 Å². The molecule has 2 aliphatic rings. The smallest absolute Gasteiger partial charge is 0.476 e. The molecule has 2 rings (SSSR count). The molecule has 0 saturated heterocycles. The van der Waals surface area contributed by atoms with Crippen molar-refractivity contribution in [1.29, 1.82) is 0 Å². The second-order valence-corrected chi connectivity index (χ2v) is 7.30. The summed E-state index contributed by atoms with van der Waals surface area (Å²) in [6.45, 7) is 3.55. The van der Waals surface area contributed by atoms with Crippen molar-refractivity contribution in [1.82, 2.24) is 0 Å². The minimum Gasteiger partial charge on any atom is -0.524 e. The molecular weight excluding hydrogens is 252 g/mol. The summed E-state index contributed by atoms with van der Waals surface area (Å²) in [7, 11) is -1.12. The van der Waals surface area contributed by atoms with Crippen molar-refractivity contribution in [3.05, 3.63) is 12.2 Å². The summed E-state index contributed by atoms with van der Waals surface area (Å²) in [5.41, 5.74) is 2.33. The highest BCUT2D eigenvalue weighted by Crippen LogP contribution is 2.26. The third kappa shape index (κ3) is 6.41. The maximum Gasteiger partial charge on any atom is 0.476 e. The standard InChI is InChI=1S/C16H28O2Si/c1-2-17-19(14-16-11-12-16)18-13-7-10-15-8-5-3-4-6-9-15/h7,10,14-16H,2-6,8-9,11-13H2,1H3. The van der Waals surface area contributed by atoms with Gasteiger partial charge in [0.2, 0.25) is 0 Å². The fourth-order valence-electron chi connectivity index (χ4n) is 2.62. The maximum atomic E-state index is 5.89. The first-order valence-electron chi connectivity index (χ1n) is 8.02. The lowest BCUT2D eigenvalue weighted by atomic mass is 10.0. The molecular formula is C16H28O2Si. The quantitative estimate of drug-likeness (QED) is 0.401. The fraction of sp³-hybridized carbons (Fsp3) is 0.812. The van der Waals surface area contributed by atoms with Crippen molar-refractivity contribution in [3.8, 4) is 0 Å². The Balaban J connectivity index is 1.68. The van der Waals surface area contributed by atoms with Crippen LogP contribution in [-0.2, 0) is 8.85 Å². The number of hydrogen-bond acceptors (Lipinski definition) is 2. The van der Waals surface area contributed by atoms with Crippen LogP contribution in [0.15, 0.2) is 12.2 Å². The molecule has 0 atom stereocenters. The van der Waals surface area contributed by atoms with E-state index in [-0.39, 0.29) is 0 Å². The summed E-state index contributed by atoms with van der Waals surface area (Å²) in [5.74, 6) is 1.58. The Labute approximate surface area is 119 Å². The highest BCUT2D eigenvalue weighted by atomic mass is 28.3. The molecule has 0 amide bonds. The normalized spacial score (nSPS) is 22.5. The van der Waals surface area contributed by atoms with Crippen LogP contribution in [0.5, 0.6) is 0 Å². The third-order valence-electron chi connectivity index (χ3n) is 3.91. The van der Waals surface area contributed by atoms with Crippen LogP contribution in [-0.4, -0.2) is 27.8 Å². The van der Waals surface area contributed by atoms with E-state index in [9.17, 15) is 0 Å². The van der Waals surface area contributed by atoms with E-state index < -0.39 is 8.90 Å². The molecule has 0 aromatic carbocycles. The van der Waals surface area contributed by atoms with Gasteiger partial charge in [0.05, 0.1) is 13.2 Å². The highest BCUT2D eigenvalue weighted by molar-refractivity contribution is 6.54. The SMILES string of the molecule is CCO[Si](=CC1CC1)OCC=CC1CCCCCC1. The first kappa shape index (κ1) is 14.8. The minimum absolute atomic E-state index is 0.730. The van der Waals surface area contributed by atoms with Crippen molar-refractivity contribution in [2.45, 2.75) is 58.3 Å². The van der Waals surface area contributed by atoms with E-state index in [4.69, 9.17) is 8.85 Å². The van der Waals surface area contributed by atoms with Gasteiger partial charge in [0.25, 0.3) is 0 Å². The van der Waals surface area contributed by atoms with Gasteiger partial charge in [0, 0.05) is 0 Å². The summed E-state index contributed by atoms with van der Waals surface area (Å²) < 4.78 is 11.6. The van der Waals surface area contributed by atoms with E-state index >= 15 is 0 Å². The Hall–Kier alpha value is -0.573. The summed E-state index contributed by atoms with van der Waals surface area (Å²) in [6, 6.07) is 0. The van der Waals surface area contributed by atoms with Crippen molar-refractivity contribution >= 4 is 14.6 Å². The van der Waals surface area contributed by atoms with Crippen molar-refractivity contribution in [2.75, 3.05) is 13.2 Å². The molecule has 2 nitrogen and oxygen atoms in total. The van der Waals surface area contributed by atoms with E-state index in [2.05, 4.69) is 24.7 Å². The summed E-state index contributed by atoms with van der Waals surface area (Å²) in [6.07, 6.45) is 15.7. The number of hydrogen-bond donors (Lipinski definition) is 0. The monoisotopic (exact) mass is 280 g/mol. The Morgan fingerprint density at radius 1 is 0.947 bits per heavy atom. The Morgan fingerprint density at radius 2 is 1.68 bits per heavy atom. The van der Waals surface area contributed by atoms with Crippen LogP contribution in [0.4, 0.5) is 0 Å². The van der Waals surface area contributed by atoms with Crippen LogP contribution in [0.25, 0.3) is 0 Å². The predicted molar refractivity (Wildman–Crippen MR) is 82.5 cm³/mol. The lowest BCUT2D eigenvalue weighted by Gasteiger charge is -2.10. The number of allylic oxidation sites excluding steroid dienone is 1. The lowest BCUT2D eigenvalue weighted by molar-refractivity contribution is 0.244. The van der Waals surface area contributed by atoms with Crippen LogP contribution < -0.4 is 0 Å². The molecule has 0 N–H and O–H groups in total. The van der Waals surface area contributed by atoms with Gasteiger partial charge in [-0.3, -0.25) is 0 Å². The molecule has 0 bridgehead atoms. The summed E-state index contributed by atoms with van der Waals surface area (Å²) in [5, 5.41) is 0. The molecule has 2 aliphatic carbocycles. The number of rotatable bonds is 7. The summed E-state index contributed by atoms with van der Waals surface area (Å²) >= 11 is 0. The zero-order valence-electron chi connectivity index (χ0n) is 12.3. The van der Waals surface area contributed by atoms with Crippen molar-refractivity contribution < 1.29 is 8.85 Å². The van der Waals surface area contributed by atoms with Gasteiger partial charge in [0.15, 0.2) is 0 Å². The van der Waals surface area contributed by atoms with Gasteiger partial charge in [-0.25, -0.2) is 0 Å². The Kier molecular flexibility index (Phi) is 6.69. The molecule has 19 heavy (non-hydrogen) atoms. The minimum atomic E-state index is -1.12.